The molecular formula is C23H25FN8O3. The third kappa shape index (κ3) is 3.76. The van der Waals surface area contributed by atoms with Crippen LogP contribution in [0.25, 0.3) is 5.65 Å². The second-order valence-electron chi connectivity index (χ2n) is 9.76. The number of imidazole rings is 1. The molecule has 0 radical (unpaired) electrons. The van der Waals surface area contributed by atoms with Gasteiger partial charge in [-0.05, 0) is 38.0 Å². The Morgan fingerprint density at radius 2 is 2.23 bits per heavy atom. The van der Waals surface area contributed by atoms with Gasteiger partial charge in [-0.2, -0.15) is 10.4 Å². The van der Waals surface area contributed by atoms with E-state index in [0.29, 0.717) is 53.8 Å². The highest BCUT2D eigenvalue weighted by atomic mass is 19.1. The third-order valence-electron chi connectivity index (χ3n) is 7.36. The molecule has 1 amide bonds. The van der Waals surface area contributed by atoms with Crippen molar-refractivity contribution in [1.29, 1.82) is 5.26 Å². The number of carbonyl (C=O) groups excluding carboxylic acids is 1. The van der Waals surface area contributed by atoms with E-state index in [0.717, 1.165) is 25.2 Å². The number of nitrogens with zero attached hydrogens (tertiary/aromatic N) is 5. The standard InChI is InChI=1S/C23H25FN8O3/c1-34-11-14-10-32-20(27-14)13(8-25)9-26-21(32)28-18-4-16(30-31-18)15-2-3-17(19(15)24)35-22(33)29-23-5-12(6-23)7-23/h4,9-10,12,15,17,19H,2-3,5-7,11H2,1H3,(H,29,33)(H2,26,28,30,31)/t12?,15-,17-,19+,23?/m0/s1. The number of fused-ring (bicyclic) bond motifs is 1. The minimum Gasteiger partial charge on any atom is -0.443 e. The van der Waals surface area contributed by atoms with Crippen LogP contribution < -0.4 is 10.6 Å². The van der Waals surface area contributed by atoms with Gasteiger partial charge in [-0.15, -0.1) is 0 Å². The van der Waals surface area contributed by atoms with E-state index in [9.17, 15) is 10.1 Å². The topological polar surface area (TPSA) is 142 Å². The molecule has 35 heavy (non-hydrogen) atoms. The van der Waals surface area contributed by atoms with Crippen LogP contribution in [-0.2, 0) is 16.1 Å². The van der Waals surface area contributed by atoms with Gasteiger partial charge in [0.15, 0.2) is 11.5 Å². The number of methoxy groups -OCH3 is 1. The smallest absolute Gasteiger partial charge is 0.407 e. The molecule has 4 fully saturated rings. The molecule has 3 aromatic heterocycles. The maximum absolute atomic E-state index is 15.2. The van der Waals surface area contributed by atoms with Crippen LogP contribution in [0, 0.1) is 17.2 Å². The summed E-state index contributed by atoms with van der Waals surface area (Å²) in [6, 6.07) is 3.81. The fourth-order valence-electron chi connectivity index (χ4n) is 5.51. The van der Waals surface area contributed by atoms with Gasteiger partial charge in [-0.25, -0.2) is 19.2 Å². The number of anilines is 2. The van der Waals surface area contributed by atoms with Crippen molar-refractivity contribution < 1.29 is 18.7 Å². The lowest BCUT2D eigenvalue weighted by Gasteiger charge is -2.61. The van der Waals surface area contributed by atoms with Crippen LogP contribution >= 0.6 is 0 Å². The largest absolute Gasteiger partial charge is 0.443 e. The summed E-state index contributed by atoms with van der Waals surface area (Å²) in [5, 5.41) is 22.5. The first kappa shape index (κ1) is 21.8. The van der Waals surface area contributed by atoms with Crippen molar-refractivity contribution in [2.75, 3.05) is 12.4 Å². The molecule has 0 saturated heterocycles. The Bertz CT molecular complexity index is 1310. The second kappa shape index (κ2) is 8.20. The summed E-state index contributed by atoms with van der Waals surface area (Å²) < 4.78 is 27.4. The number of hydrogen-bond acceptors (Lipinski definition) is 8. The number of carbonyl (C=O) groups is 1. The number of amides is 1. The third-order valence-corrected chi connectivity index (χ3v) is 7.36. The van der Waals surface area contributed by atoms with Gasteiger partial charge in [0.25, 0.3) is 0 Å². The Kier molecular flexibility index (Phi) is 5.10. The summed E-state index contributed by atoms with van der Waals surface area (Å²) in [6.07, 6.45) is 4.54. The number of alkyl carbamates (subject to hydrolysis) is 1. The lowest BCUT2D eigenvalue weighted by atomic mass is 9.50. The zero-order valence-corrected chi connectivity index (χ0v) is 19.1. The van der Waals surface area contributed by atoms with Gasteiger partial charge in [-0.3, -0.25) is 9.50 Å². The minimum atomic E-state index is -1.33. The minimum absolute atomic E-state index is 0.0972. The molecule has 4 saturated carbocycles. The number of aromatic nitrogens is 5. The summed E-state index contributed by atoms with van der Waals surface area (Å²) in [5.74, 6) is 1.13. The number of aromatic amines is 1. The first-order valence-electron chi connectivity index (χ1n) is 11.7. The van der Waals surface area contributed by atoms with E-state index < -0.39 is 24.3 Å². The number of rotatable bonds is 7. The molecule has 12 heteroatoms. The monoisotopic (exact) mass is 480 g/mol. The van der Waals surface area contributed by atoms with Gasteiger partial charge in [0.1, 0.15) is 23.9 Å². The molecule has 182 valence electrons. The van der Waals surface area contributed by atoms with Crippen molar-refractivity contribution >= 4 is 23.5 Å². The first-order chi connectivity index (χ1) is 17.0. The van der Waals surface area contributed by atoms with Crippen LogP contribution in [0.5, 0.6) is 0 Å². The fraction of sp³-hybridized carbons (Fsp3) is 0.522. The van der Waals surface area contributed by atoms with Gasteiger partial charge in [0, 0.05) is 36.5 Å². The van der Waals surface area contributed by atoms with Crippen molar-refractivity contribution in [3.05, 3.63) is 35.4 Å². The van der Waals surface area contributed by atoms with E-state index >= 15 is 4.39 Å². The molecule has 2 bridgehead atoms. The Balaban J connectivity index is 1.13. The molecular weight excluding hydrogens is 455 g/mol. The number of nitrogens with one attached hydrogen (secondary N) is 3. The lowest BCUT2D eigenvalue weighted by Crippen LogP contribution is -2.68. The van der Waals surface area contributed by atoms with E-state index in [4.69, 9.17) is 9.47 Å². The number of hydrogen-bond donors (Lipinski definition) is 3. The zero-order valence-electron chi connectivity index (χ0n) is 19.1. The predicted octanol–water partition coefficient (Wildman–Crippen LogP) is 3.08. The van der Waals surface area contributed by atoms with Crippen molar-refractivity contribution in [3.63, 3.8) is 0 Å². The van der Waals surface area contributed by atoms with E-state index in [1.165, 1.54) is 6.20 Å². The molecule has 3 atom stereocenters. The summed E-state index contributed by atoms with van der Waals surface area (Å²) in [5.41, 5.74) is 1.94. The van der Waals surface area contributed by atoms with E-state index in [1.54, 1.807) is 23.8 Å². The van der Waals surface area contributed by atoms with Crippen molar-refractivity contribution in [1.82, 2.24) is 29.9 Å². The van der Waals surface area contributed by atoms with Crippen LogP contribution in [-0.4, -0.2) is 55.6 Å². The average molecular weight is 481 g/mol. The molecule has 4 aliphatic rings. The summed E-state index contributed by atoms with van der Waals surface area (Å²) in [6.45, 7) is 0.293. The lowest BCUT2D eigenvalue weighted by molar-refractivity contribution is -0.0532. The zero-order chi connectivity index (χ0) is 24.2. The van der Waals surface area contributed by atoms with E-state index in [-0.39, 0.29) is 5.54 Å². The van der Waals surface area contributed by atoms with Crippen LogP contribution in [0.15, 0.2) is 18.5 Å². The molecule has 3 heterocycles. The van der Waals surface area contributed by atoms with Crippen LogP contribution in [0.1, 0.15) is 55.0 Å². The number of nitriles is 1. The molecule has 3 aromatic rings. The number of H-pyrrole nitrogens is 1. The molecule has 0 unspecified atom stereocenters. The molecule has 11 nitrogen and oxygen atoms in total. The van der Waals surface area contributed by atoms with Crippen molar-refractivity contribution in [2.24, 2.45) is 5.92 Å². The highest BCUT2D eigenvalue weighted by molar-refractivity contribution is 5.69. The SMILES string of the molecule is COCc1cn2c(Nc3cc([C@@H]4CC[C@H](OC(=O)NC56CC(C5)C6)[C@@H]4F)[nH]n3)ncc(C#N)c2n1. The number of ether oxygens (including phenoxy) is 2. The summed E-state index contributed by atoms with van der Waals surface area (Å²) in [7, 11) is 1.57. The Hall–Kier alpha value is -3.72. The van der Waals surface area contributed by atoms with Crippen LogP contribution in [0.2, 0.25) is 0 Å². The second-order valence-corrected chi connectivity index (χ2v) is 9.76. The van der Waals surface area contributed by atoms with Crippen molar-refractivity contribution in [3.8, 4) is 6.07 Å². The Morgan fingerprint density at radius 3 is 2.94 bits per heavy atom. The average Bonchev–Trinajstić information content (AvgIpc) is 3.50. The molecule has 0 aromatic carbocycles. The summed E-state index contributed by atoms with van der Waals surface area (Å²) >= 11 is 0. The van der Waals surface area contributed by atoms with Gasteiger partial charge in [-0.1, -0.05) is 0 Å². The maximum atomic E-state index is 15.2. The van der Waals surface area contributed by atoms with Gasteiger partial charge in [0.2, 0.25) is 5.95 Å². The molecule has 7 rings (SSSR count). The van der Waals surface area contributed by atoms with Crippen molar-refractivity contribution in [2.45, 2.75) is 62.4 Å². The van der Waals surface area contributed by atoms with E-state index in [2.05, 4.69) is 36.9 Å². The number of halogens is 1. The normalized spacial score (nSPS) is 28.7. The molecule has 0 aliphatic heterocycles. The number of alkyl halides is 1. The maximum Gasteiger partial charge on any atom is 0.407 e. The Morgan fingerprint density at radius 1 is 1.40 bits per heavy atom. The molecule has 0 spiro atoms. The van der Waals surface area contributed by atoms with Crippen LogP contribution in [0.4, 0.5) is 21.0 Å². The predicted molar refractivity (Wildman–Crippen MR) is 121 cm³/mol. The fourth-order valence-corrected chi connectivity index (χ4v) is 5.51. The van der Waals surface area contributed by atoms with Crippen LogP contribution in [0.3, 0.4) is 0 Å². The quantitative estimate of drug-likeness (QED) is 0.468. The molecule has 3 N–H and O–H groups in total. The first-order valence-corrected chi connectivity index (χ1v) is 11.7. The Labute approximate surface area is 200 Å². The highest BCUT2D eigenvalue weighted by Gasteiger charge is 2.58. The van der Waals surface area contributed by atoms with Gasteiger partial charge >= 0.3 is 6.09 Å². The van der Waals surface area contributed by atoms with Gasteiger partial charge < -0.3 is 20.1 Å². The molecule has 4 aliphatic carbocycles. The highest BCUT2D eigenvalue weighted by Crippen LogP contribution is 2.57. The van der Waals surface area contributed by atoms with Gasteiger partial charge in [0.05, 0.1) is 18.5 Å². The van der Waals surface area contributed by atoms with E-state index in [1.807, 2.05) is 0 Å². The summed E-state index contributed by atoms with van der Waals surface area (Å²) in [4.78, 5) is 21.0.